The number of nitrogens with zero attached hydrogens (tertiary/aromatic N) is 2. The Morgan fingerprint density at radius 2 is 2.13 bits per heavy atom. The zero-order valence-corrected chi connectivity index (χ0v) is 14.6. The minimum Gasteiger partial charge on any atom is -0.350 e. The standard InChI is InChI=1S/C18H23N3OS/c1-3-16-20-13(2)17(23-16)18(22)19-9-11-21-10-8-14-6-4-5-7-15(14)12-21/h4-7H,3,8-12H2,1-2H3,(H,19,22). The van der Waals surface area contributed by atoms with Gasteiger partial charge in [0.25, 0.3) is 5.91 Å². The molecule has 0 aliphatic carbocycles. The quantitative estimate of drug-likeness (QED) is 0.917. The van der Waals surface area contributed by atoms with Gasteiger partial charge in [-0.2, -0.15) is 0 Å². The average molecular weight is 329 g/mol. The maximum Gasteiger partial charge on any atom is 0.263 e. The number of amides is 1. The summed E-state index contributed by atoms with van der Waals surface area (Å²) in [6.45, 7) is 7.58. The fraction of sp³-hybridized carbons (Fsp3) is 0.444. The van der Waals surface area contributed by atoms with Crippen LogP contribution in [-0.2, 0) is 19.4 Å². The molecule has 0 saturated carbocycles. The molecule has 0 fully saturated rings. The van der Waals surface area contributed by atoms with Crippen molar-refractivity contribution in [2.45, 2.75) is 33.2 Å². The summed E-state index contributed by atoms with van der Waals surface area (Å²) in [5.41, 5.74) is 3.72. The van der Waals surface area contributed by atoms with Crippen LogP contribution in [0.4, 0.5) is 0 Å². The highest BCUT2D eigenvalue weighted by Crippen LogP contribution is 2.19. The summed E-state index contributed by atoms with van der Waals surface area (Å²) in [4.78, 5) is 19.9. The van der Waals surface area contributed by atoms with Crippen molar-refractivity contribution >= 4 is 17.2 Å². The van der Waals surface area contributed by atoms with Crippen LogP contribution >= 0.6 is 11.3 Å². The summed E-state index contributed by atoms with van der Waals surface area (Å²) in [5.74, 6) is 0.0112. The summed E-state index contributed by atoms with van der Waals surface area (Å²) < 4.78 is 0. The predicted molar refractivity (Wildman–Crippen MR) is 94.0 cm³/mol. The molecule has 1 amide bonds. The normalized spacial score (nSPS) is 14.5. The molecule has 0 unspecified atom stereocenters. The van der Waals surface area contributed by atoms with E-state index in [0.717, 1.165) is 48.1 Å². The number of carbonyl (C=O) groups excluding carboxylic acids is 1. The monoisotopic (exact) mass is 329 g/mol. The topological polar surface area (TPSA) is 45.2 Å². The van der Waals surface area contributed by atoms with Gasteiger partial charge in [-0.25, -0.2) is 4.98 Å². The third-order valence-electron chi connectivity index (χ3n) is 4.27. The minimum absolute atomic E-state index is 0.0112. The third-order valence-corrected chi connectivity index (χ3v) is 5.57. The van der Waals surface area contributed by atoms with Gasteiger partial charge in [-0.05, 0) is 30.9 Å². The number of aromatic nitrogens is 1. The largest absolute Gasteiger partial charge is 0.350 e. The number of carbonyl (C=O) groups is 1. The molecular weight excluding hydrogens is 306 g/mol. The van der Waals surface area contributed by atoms with E-state index in [2.05, 4.69) is 46.4 Å². The van der Waals surface area contributed by atoms with E-state index in [9.17, 15) is 4.79 Å². The highest BCUT2D eigenvalue weighted by atomic mass is 32.1. The number of hydrogen-bond donors (Lipinski definition) is 1. The molecule has 122 valence electrons. The van der Waals surface area contributed by atoms with Gasteiger partial charge in [0, 0.05) is 26.2 Å². The number of aryl methyl sites for hydroxylation is 2. The van der Waals surface area contributed by atoms with E-state index < -0.39 is 0 Å². The van der Waals surface area contributed by atoms with Gasteiger partial charge in [-0.1, -0.05) is 31.2 Å². The Bertz CT molecular complexity index is 695. The van der Waals surface area contributed by atoms with Gasteiger partial charge in [0.15, 0.2) is 0 Å². The SMILES string of the molecule is CCc1nc(C)c(C(=O)NCCN2CCc3ccccc3C2)s1. The van der Waals surface area contributed by atoms with Crippen LogP contribution in [0.15, 0.2) is 24.3 Å². The summed E-state index contributed by atoms with van der Waals surface area (Å²) in [6, 6.07) is 8.62. The van der Waals surface area contributed by atoms with Crippen LogP contribution < -0.4 is 5.32 Å². The highest BCUT2D eigenvalue weighted by molar-refractivity contribution is 7.13. The first kappa shape index (κ1) is 16.1. The van der Waals surface area contributed by atoms with E-state index in [1.165, 1.54) is 22.5 Å². The van der Waals surface area contributed by atoms with E-state index in [1.807, 2.05) is 6.92 Å². The van der Waals surface area contributed by atoms with Gasteiger partial charge in [0.2, 0.25) is 0 Å². The maximum atomic E-state index is 12.3. The lowest BCUT2D eigenvalue weighted by molar-refractivity contribution is 0.0950. The third kappa shape index (κ3) is 3.79. The van der Waals surface area contributed by atoms with Crippen LogP contribution in [0.2, 0.25) is 0 Å². The lowest BCUT2D eigenvalue weighted by Gasteiger charge is -2.28. The molecule has 3 rings (SSSR count). The first-order valence-electron chi connectivity index (χ1n) is 8.21. The van der Waals surface area contributed by atoms with Crippen molar-refractivity contribution in [3.8, 4) is 0 Å². The van der Waals surface area contributed by atoms with Gasteiger partial charge in [0.1, 0.15) is 4.88 Å². The second kappa shape index (κ2) is 7.23. The summed E-state index contributed by atoms with van der Waals surface area (Å²) in [7, 11) is 0. The number of hydrogen-bond acceptors (Lipinski definition) is 4. The molecule has 2 aromatic rings. The van der Waals surface area contributed by atoms with Crippen molar-refractivity contribution in [1.82, 2.24) is 15.2 Å². The van der Waals surface area contributed by atoms with E-state index in [0.29, 0.717) is 6.54 Å². The van der Waals surface area contributed by atoms with Crippen molar-refractivity contribution in [3.63, 3.8) is 0 Å². The first-order chi connectivity index (χ1) is 11.2. The Labute approximate surface area is 141 Å². The van der Waals surface area contributed by atoms with Gasteiger partial charge in [0.05, 0.1) is 10.7 Å². The van der Waals surface area contributed by atoms with Crippen LogP contribution in [-0.4, -0.2) is 35.4 Å². The fourth-order valence-corrected chi connectivity index (χ4v) is 3.89. The van der Waals surface area contributed by atoms with Crippen molar-refractivity contribution in [1.29, 1.82) is 0 Å². The lowest BCUT2D eigenvalue weighted by atomic mass is 10.00. The van der Waals surface area contributed by atoms with Crippen molar-refractivity contribution in [2.75, 3.05) is 19.6 Å². The van der Waals surface area contributed by atoms with Crippen LogP contribution in [0.3, 0.4) is 0 Å². The Hall–Kier alpha value is -1.72. The maximum absolute atomic E-state index is 12.3. The first-order valence-corrected chi connectivity index (χ1v) is 9.02. The molecule has 23 heavy (non-hydrogen) atoms. The summed E-state index contributed by atoms with van der Waals surface area (Å²) >= 11 is 1.51. The molecule has 1 aromatic carbocycles. The number of nitrogens with one attached hydrogen (secondary N) is 1. The van der Waals surface area contributed by atoms with Gasteiger partial charge >= 0.3 is 0 Å². The van der Waals surface area contributed by atoms with Crippen molar-refractivity contribution in [2.24, 2.45) is 0 Å². The molecule has 5 heteroatoms. The summed E-state index contributed by atoms with van der Waals surface area (Å²) in [5, 5.41) is 4.07. The van der Waals surface area contributed by atoms with Gasteiger partial charge < -0.3 is 5.32 Å². The van der Waals surface area contributed by atoms with Gasteiger partial charge in [-0.15, -0.1) is 11.3 Å². The second-order valence-electron chi connectivity index (χ2n) is 5.93. The number of fused-ring (bicyclic) bond motifs is 1. The minimum atomic E-state index is 0.0112. The number of benzene rings is 1. The molecule has 0 saturated heterocycles. The smallest absolute Gasteiger partial charge is 0.263 e. The molecule has 0 spiro atoms. The van der Waals surface area contributed by atoms with Gasteiger partial charge in [-0.3, -0.25) is 9.69 Å². The van der Waals surface area contributed by atoms with E-state index in [1.54, 1.807) is 0 Å². The van der Waals surface area contributed by atoms with Crippen LogP contribution in [0.25, 0.3) is 0 Å². The van der Waals surface area contributed by atoms with E-state index >= 15 is 0 Å². The molecule has 2 heterocycles. The van der Waals surface area contributed by atoms with Crippen molar-refractivity contribution < 1.29 is 4.79 Å². The van der Waals surface area contributed by atoms with Crippen LogP contribution in [0.1, 0.15) is 38.4 Å². The molecule has 0 radical (unpaired) electrons. The highest BCUT2D eigenvalue weighted by Gasteiger charge is 2.17. The molecule has 0 bridgehead atoms. The molecule has 0 atom stereocenters. The molecule has 1 N–H and O–H groups in total. The van der Waals surface area contributed by atoms with Crippen molar-refractivity contribution in [3.05, 3.63) is 51.0 Å². The average Bonchev–Trinajstić information content (AvgIpc) is 2.96. The molecule has 4 nitrogen and oxygen atoms in total. The zero-order chi connectivity index (χ0) is 16.2. The molecular formula is C18H23N3OS. The molecule has 1 aliphatic heterocycles. The summed E-state index contributed by atoms with van der Waals surface area (Å²) in [6.07, 6.45) is 1.98. The Morgan fingerprint density at radius 3 is 2.87 bits per heavy atom. The van der Waals surface area contributed by atoms with Crippen LogP contribution in [0.5, 0.6) is 0 Å². The number of rotatable bonds is 5. The Balaban J connectivity index is 1.50. The fourth-order valence-electron chi connectivity index (χ4n) is 2.97. The molecule has 1 aliphatic rings. The lowest BCUT2D eigenvalue weighted by Crippen LogP contribution is -2.37. The predicted octanol–water partition coefficient (Wildman–Crippen LogP) is 2.80. The zero-order valence-electron chi connectivity index (χ0n) is 13.8. The van der Waals surface area contributed by atoms with E-state index in [4.69, 9.17) is 0 Å². The van der Waals surface area contributed by atoms with Crippen LogP contribution in [0, 0.1) is 6.92 Å². The number of thiazole rings is 1. The Morgan fingerprint density at radius 1 is 1.35 bits per heavy atom. The second-order valence-corrected chi connectivity index (χ2v) is 7.01. The Kier molecular flexibility index (Phi) is 5.08. The van der Waals surface area contributed by atoms with E-state index in [-0.39, 0.29) is 5.91 Å². The molecule has 1 aromatic heterocycles.